The summed E-state index contributed by atoms with van der Waals surface area (Å²) in [6.07, 6.45) is 0. The van der Waals surface area contributed by atoms with Gasteiger partial charge in [0.2, 0.25) is 0 Å². The number of nitrogens with zero attached hydrogens (tertiary/aromatic N) is 1. The predicted octanol–water partition coefficient (Wildman–Crippen LogP) is 5.98. The van der Waals surface area contributed by atoms with Crippen LogP contribution in [0.2, 0.25) is 0 Å². The molecule has 0 aliphatic heterocycles. The highest BCUT2D eigenvalue weighted by molar-refractivity contribution is 7.93. The van der Waals surface area contributed by atoms with Crippen molar-refractivity contribution < 1.29 is 22.4 Å². The number of benzene rings is 4. The van der Waals surface area contributed by atoms with Gasteiger partial charge in [0.25, 0.3) is 15.9 Å². The molecule has 9 heteroatoms. The molecule has 1 amide bonds. The molecule has 0 N–H and O–H groups in total. The minimum absolute atomic E-state index is 0.0296. The van der Waals surface area contributed by atoms with E-state index in [9.17, 15) is 18.0 Å². The Labute approximate surface area is 217 Å². The van der Waals surface area contributed by atoms with Gasteiger partial charge in [0.15, 0.2) is 5.58 Å². The molecule has 0 radical (unpaired) electrons. The van der Waals surface area contributed by atoms with Gasteiger partial charge in [-0.25, -0.2) is 13.2 Å². The average molecular weight is 534 g/mol. The fourth-order valence-electron chi connectivity index (χ4n) is 4.36. The maximum Gasteiger partial charge on any atom is 0.396 e. The van der Waals surface area contributed by atoms with Gasteiger partial charge in [-0.3, -0.25) is 4.79 Å². The van der Waals surface area contributed by atoms with Crippen LogP contribution in [0.1, 0.15) is 27.0 Å². The number of rotatable bonds is 5. The van der Waals surface area contributed by atoms with Gasteiger partial charge in [0.05, 0.1) is 22.4 Å². The van der Waals surface area contributed by atoms with E-state index in [0.29, 0.717) is 32.4 Å². The van der Waals surface area contributed by atoms with E-state index in [1.54, 1.807) is 55.5 Å². The molecular formula is C28H23NO6S2. The monoisotopic (exact) mass is 533 g/mol. The van der Waals surface area contributed by atoms with Crippen LogP contribution < -0.4 is 14.0 Å². The van der Waals surface area contributed by atoms with Gasteiger partial charge >= 0.3 is 4.94 Å². The molecule has 5 aromatic rings. The normalized spacial score (nSPS) is 11.7. The number of carbonyl (C=O) groups is 1. The summed E-state index contributed by atoms with van der Waals surface area (Å²) in [5.74, 6) is -0.202. The minimum Gasteiger partial charge on any atom is -0.497 e. The predicted molar refractivity (Wildman–Crippen MR) is 146 cm³/mol. The summed E-state index contributed by atoms with van der Waals surface area (Å²) in [5, 5.41) is 0.997. The fraction of sp³-hybridized carbons (Fsp3) is 0.143. The van der Waals surface area contributed by atoms with Gasteiger partial charge in [-0.05, 0) is 73.9 Å². The number of sulfonamides is 1. The second kappa shape index (κ2) is 9.17. The molecule has 0 spiro atoms. The van der Waals surface area contributed by atoms with Crippen molar-refractivity contribution in [2.45, 2.75) is 25.7 Å². The maximum atomic E-state index is 14.3. The highest BCUT2D eigenvalue weighted by Crippen LogP contribution is 2.39. The highest BCUT2D eigenvalue weighted by atomic mass is 32.2. The van der Waals surface area contributed by atoms with Crippen LogP contribution in [0, 0.1) is 20.8 Å². The van der Waals surface area contributed by atoms with Crippen molar-refractivity contribution in [3.8, 4) is 5.75 Å². The summed E-state index contributed by atoms with van der Waals surface area (Å²) in [7, 11) is -2.88. The quantitative estimate of drug-likeness (QED) is 0.276. The number of carbonyl (C=O) groups excluding carboxylic acids is 1. The molecule has 5 rings (SSSR count). The van der Waals surface area contributed by atoms with Crippen molar-refractivity contribution in [3.05, 3.63) is 98.7 Å². The second-order valence-corrected chi connectivity index (χ2v) is 11.5. The molecule has 0 bridgehead atoms. The molecule has 188 valence electrons. The number of anilines is 1. The standard InChI is InChI=1S/C28H23NO6S2/c1-16-13-18(3)25(14-17(16)2)37(32,33)29(27(30)19-9-11-20(34-4)12-10-19)23-15-24-26(35-28(31)36-24)22-8-6-5-7-21(22)23/h5-15H,1-4H3. The van der Waals surface area contributed by atoms with Gasteiger partial charge in [0.1, 0.15) is 5.75 Å². The number of hydrogen-bond acceptors (Lipinski definition) is 7. The summed E-state index contributed by atoms with van der Waals surface area (Å²) >= 11 is 0.853. The number of amides is 1. The minimum atomic E-state index is -4.39. The molecule has 0 atom stereocenters. The Kier molecular flexibility index (Phi) is 6.13. The Hall–Kier alpha value is -3.95. The number of fused-ring (bicyclic) bond motifs is 3. The van der Waals surface area contributed by atoms with Crippen molar-refractivity contribution in [2.75, 3.05) is 11.4 Å². The Bertz CT molecular complexity index is 1850. The first kappa shape index (κ1) is 24.7. The van der Waals surface area contributed by atoms with Crippen LogP contribution in [0.5, 0.6) is 5.75 Å². The molecule has 7 nitrogen and oxygen atoms in total. The lowest BCUT2D eigenvalue weighted by Gasteiger charge is -2.25. The maximum absolute atomic E-state index is 14.3. The van der Waals surface area contributed by atoms with Gasteiger partial charge < -0.3 is 9.15 Å². The van der Waals surface area contributed by atoms with Crippen molar-refractivity contribution in [2.24, 2.45) is 0 Å². The van der Waals surface area contributed by atoms with Crippen LogP contribution in [0.25, 0.3) is 21.1 Å². The van der Waals surface area contributed by atoms with E-state index in [2.05, 4.69) is 0 Å². The molecule has 0 fully saturated rings. The lowest BCUT2D eigenvalue weighted by molar-refractivity contribution is 0.101. The highest BCUT2D eigenvalue weighted by Gasteiger charge is 2.35. The molecule has 0 saturated heterocycles. The first-order valence-corrected chi connectivity index (χ1v) is 13.6. The molecule has 0 unspecified atom stereocenters. The average Bonchev–Trinajstić information content (AvgIpc) is 3.26. The molecule has 0 aliphatic carbocycles. The topological polar surface area (TPSA) is 93.9 Å². The number of ether oxygens (including phenoxy) is 1. The van der Waals surface area contributed by atoms with Gasteiger partial charge in [-0.1, -0.05) is 41.7 Å². The smallest absolute Gasteiger partial charge is 0.396 e. The molecule has 37 heavy (non-hydrogen) atoms. The lowest BCUT2D eigenvalue weighted by Crippen LogP contribution is -2.37. The van der Waals surface area contributed by atoms with Crippen LogP contribution in [0.4, 0.5) is 5.69 Å². The SMILES string of the molecule is COc1ccc(C(=O)N(c2cc3sc(=O)oc3c3ccccc23)S(=O)(=O)c2cc(C)c(C)cc2C)cc1. The van der Waals surface area contributed by atoms with Crippen LogP contribution in [0.15, 0.2) is 80.8 Å². The van der Waals surface area contributed by atoms with Crippen LogP contribution in [0.3, 0.4) is 0 Å². The summed E-state index contributed by atoms with van der Waals surface area (Å²) in [6.45, 7) is 5.44. The first-order valence-electron chi connectivity index (χ1n) is 11.4. The van der Waals surface area contributed by atoms with Crippen LogP contribution in [-0.2, 0) is 10.0 Å². The van der Waals surface area contributed by atoms with E-state index in [-0.39, 0.29) is 16.1 Å². The molecule has 1 aromatic heterocycles. The zero-order chi connectivity index (χ0) is 26.5. The summed E-state index contributed by atoms with van der Waals surface area (Å²) < 4.78 is 40.5. The van der Waals surface area contributed by atoms with E-state index in [0.717, 1.165) is 26.8 Å². The Morgan fingerprint density at radius 1 is 0.892 bits per heavy atom. The van der Waals surface area contributed by atoms with Gasteiger partial charge in [-0.2, -0.15) is 4.31 Å². The third-order valence-corrected chi connectivity index (χ3v) is 8.98. The Balaban J connectivity index is 1.84. The van der Waals surface area contributed by atoms with Crippen molar-refractivity contribution in [1.29, 1.82) is 0 Å². The third-order valence-electron chi connectivity index (χ3n) is 6.37. The van der Waals surface area contributed by atoms with Gasteiger partial charge in [-0.15, -0.1) is 0 Å². The van der Waals surface area contributed by atoms with Crippen molar-refractivity contribution >= 4 is 54.0 Å². The largest absolute Gasteiger partial charge is 0.497 e. The number of aryl methyl sites for hydroxylation is 3. The van der Waals surface area contributed by atoms with Crippen LogP contribution in [-0.4, -0.2) is 21.4 Å². The lowest BCUT2D eigenvalue weighted by atomic mass is 10.1. The molecule has 0 saturated carbocycles. The summed E-state index contributed by atoms with van der Waals surface area (Å²) in [4.78, 5) is 25.7. The van der Waals surface area contributed by atoms with Gasteiger partial charge in [0, 0.05) is 16.3 Å². The van der Waals surface area contributed by atoms with E-state index in [4.69, 9.17) is 9.15 Å². The Morgan fingerprint density at radius 2 is 1.54 bits per heavy atom. The zero-order valence-corrected chi connectivity index (χ0v) is 22.2. The van der Waals surface area contributed by atoms with E-state index in [1.165, 1.54) is 25.3 Å². The number of methoxy groups -OCH3 is 1. The molecule has 0 aliphatic rings. The van der Waals surface area contributed by atoms with Crippen LogP contribution >= 0.6 is 11.3 Å². The zero-order valence-electron chi connectivity index (χ0n) is 20.6. The molecule has 1 heterocycles. The summed E-state index contributed by atoms with van der Waals surface area (Å²) in [5.41, 5.74) is 2.91. The molecular weight excluding hydrogens is 510 g/mol. The van der Waals surface area contributed by atoms with E-state index in [1.807, 2.05) is 13.8 Å². The third kappa shape index (κ3) is 4.20. The first-order chi connectivity index (χ1) is 17.6. The van der Waals surface area contributed by atoms with E-state index < -0.39 is 20.9 Å². The summed E-state index contributed by atoms with van der Waals surface area (Å²) in [6, 6.07) is 18.1. The Morgan fingerprint density at radius 3 is 2.22 bits per heavy atom. The number of hydrogen-bond donors (Lipinski definition) is 0. The van der Waals surface area contributed by atoms with Crippen molar-refractivity contribution in [3.63, 3.8) is 0 Å². The van der Waals surface area contributed by atoms with E-state index >= 15 is 0 Å². The van der Waals surface area contributed by atoms with Crippen molar-refractivity contribution in [1.82, 2.24) is 0 Å². The second-order valence-electron chi connectivity index (χ2n) is 8.73. The fourth-order valence-corrected chi connectivity index (χ4v) is 6.80. The molecule has 4 aromatic carbocycles.